The molecule has 0 aliphatic heterocycles. The monoisotopic (exact) mass is 540 g/mol. The van der Waals surface area contributed by atoms with Crippen LogP contribution in [0, 0.1) is 58.2 Å². The molecule has 0 N–H and O–H groups in total. The molecule has 0 bridgehead atoms. The molecule has 0 heterocycles. The van der Waals surface area contributed by atoms with E-state index in [1.165, 1.54) is 44.6 Å². The number of fused-ring (bicyclic) bond motifs is 4. The topological polar surface area (TPSA) is 47.6 Å². The third-order valence-electron chi connectivity index (χ3n) is 10.5. The lowest BCUT2D eigenvalue weighted by molar-refractivity contribution is 0.548. The summed E-state index contributed by atoms with van der Waals surface area (Å²) in [4.78, 5) is 0. The fraction of sp³-hybridized carbons (Fsp3) is 0.250. The minimum atomic E-state index is 0.289. The zero-order valence-corrected chi connectivity index (χ0v) is 23.6. The van der Waals surface area contributed by atoms with Gasteiger partial charge < -0.3 is 0 Å². The van der Waals surface area contributed by atoms with Crippen LogP contribution in [0.15, 0.2) is 165 Å². The Morgan fingerprint density at radius 2 is 1.00 bits per heavy atom. The van der Waals surface area contributed by atoms with Crippen LogP contribution in [0.4, 0.5) is 0 Å². The highest BCUT2D eigenvalue weighted by atomic mass is 14.5. The van der Waals surface area contributed by atoms with Crippen LogP contribution in [0.1, 0.15) is 25.7 Å². The Labute approximate surface area is 248 Å². The van der Waals surface area contributed by atoms with Crippen LogP contribution < -0.4 is 0 Å². The summed E-state index contributed by atoms with van der Waals surface area (Å²) in [6, 6.07) is 4.71. The Balaban J connectivity index is 1.25. The van der Waals surface area contributed by atoms with Crippen LogP contribution >= 0.6 is 0 Å². The molecule has 8 rings (SSSR count). The Morgan fingerprint density at radius 1 is 0.452 bits per heavy atom. The highest BCUT2D eigenvalue weighted by molar-refractivity contribution is 5.65. The molecule has 1 saturated carbocycles. The molecule has 8 aliphatic carbocycles. The summed E-state index contributed by atoms with van der Waals surface area (Å²) in [6.45, 7) is 0. The van der Waals surface area contributed by atoms with Gasteiger partial charge in [-0.25, -0.2) is 0 Å². The zero-order chi connectivity index (χ0) is 28.2. The van der Waals surface area contributed by atoms with E-state index in [4.69, 9.17) is 0 Å². The first kappa shape index (κ1) is 25.1. The minimum Gasteiger partial charge on any atom is -0.193 e. The van der Waals surface area contributed by atoms with E-state index < -0.39 is 0 Å². The van der Waals surface area contributed by atoms with Crippen LogP contribution in [-0.2, 0) is 0 Å². The maximum atomic E-state index is 9.47. The second kappa shape index (κ2) is 10.0. The standard InChI is InChI=1S/C40H32N2/c41-23-25-11-15-28(16-12-25)31-19-20-32(29-17-13-26(24-42)14-18-29)40-37-22-21-34(35-9-4-10-36(38(35)37)39(31)40)33-8-3-6-27-5-1-2-7-30(27)33/h1-11,13,15,17,19-22,27,30,35,38-40H,12,14,16,18H2/t27?,30?,35?,38-,39?,40?/m0/s1. The molecular formula is C40H32N2. The zero-order valence-electron chi connectivity index (χ0n) is 23.6. The number of hydrogen-bond donors (Lipinski definition) is 0. The van der Waals surface area contributed by atoms with Crippen molar-refractivity contribution in [3.63, 3.8) is 0 Å². The second-order valence-corrected chi connectivity index (χ2v) is 12.4. The average molecular weight is 541 g/mol. The number of allylic oxidation sites excluding steroid dienone is 28. The molecule has 0 aromatic heterocycles. The first-order chi connectivity index (χ1) is 20.7. The summed E-state index contributed by atoms with van der Waals surface area (Å²) >= 11 is 0. The summed E-state index contributed by atoms with van der Waals surface area (Å²) in [5, 5.41) is 18.9. The van der Waals surface area contributed by atoms with Crippen molar-refractivity contribution in [2.24, 2.45) is 35.5 Å². The van der Waals surface area contributed by atoms with Gasteiger partial charge in [0.15, 0.2) is 0 Å². The maximum absolute atomic E-state index is 9.47. The van der Waals surface area contributed by atoms with Crippen molar-refractivity contribution < 1.29 is 0 Å². The lowest BCUT2D eigenvalue weighted by Gasteiger charge is -2.37. The minimum absolute atomic E-state index is 0.289. The van der Waals surface area contributed by atoms with Gasteiger partial charge in [0.05, 0.1) is 12.1 Å². The Morgan fingerprint density at radius 3 is 1.64 bits per heavy atom. The van der Waals surface area contributed by atoms with Crippen LogP contribution in [0.3, 0.4) is 0 Å². The van der Waals surface area contributed by atoms with Gasteiger partial charge in [0.2, 0.25) is 0 Å². The number of nitrogens with zero attached hydrogens (tertiary/aromatic N) is 2. The van der Waals surface area contributed by atoms with E-state index in [1.54, 1.807) is 0 Å². The normalized spacial score (nSPS) is 33.4. The van der Waals surface area contributed by atoms with Gasteiger partial charge in [-0.3, -0.25) is 0 Å². The molecule has 2 nitrogen and oxygen atoms in total. The molecule has 2 heteroatoms. The Hall–Kier alpha value is -4.66. The molecule has 0 saturated heterocycles. The van der Waals surface area contributed by atoms with E-state index in [0.717, 1.165) is 36.8 Å². The van der Waals surface area contributed by atoms with Crippen LogP contribution in [0.5, 0.6) is 0 Å². The van der Waals surface area contributed by atoms with E-state index in [0.29, 0.717) is 23.7 Å². The van der Waals surface area contributed by atoms with Crippen molar-refractivity contribution in [2.45, 2.75) is 25.7 Å². The fourth-order valence-electron chi connectivity index (χ4n) is 8.53. The van der Waals surface area contributed by atoms with Crippen molar-refractivity contribution in [2.75, 3.05) is 0 Å². The molecular weight excluding hydrogens is 508 g/mol. The lowest BCUT2D eigenvalue weighted by atomic mass is 9.67. The van der Waals surface area contributed by atoms with Crippen molar-refractivity contribution >= 4 is 0 Å². The molecule has 202 valence electrons. The largest absolute Gasteiger partial charge is 0.193 e. The van der Waals surface area contributed by atoms with Crippen molar-refractivity contribution in [3.05, 3.63) is 165 Å². The predicted octanol–water partition coefficient (Wildman–Crippen LogP) is 8.89. The van der Waals surface area contributed by atoms with Crippen LogP contribution in [0.2, 0.25) is 0 Å². The van der Waals surface area contributed by atoms with E-state index in [9.17, 15) is 10.5 Å². The van der Waals surface area contributed by atoms with Crippen LogP contribution in [0.25, 0.3) is 0 Å². The number of hydrogen-bond acceptors (Lipinski definition) is 2. The molecule has 0 amide bonds. The molecule has 0 radical (unpaired) electrons. The third-order valence-corrected chi connectivity index (χ3v) is 10.5. The van der Waals surface area contributed by atoms with Crippen molar-refractivity contribution in [3.8, 4) is 12.1 Å². The third kappa shape index (κ3) is 3.83. The van der Waals surface area contributed by atoms with Crippen molar-refractivity contribution in [1.82, 2.24) is 0 Å². The quantitative estimate of drug-likeness (QED) is 0.359. The van der Waals surface area contributed by atoms with Gasteiger partial charge in [-0.05, 0) is 71.3 Å². The fourth-order valence-corrected chi connectivity index (χ4v) is 8.53. The molecule has 42 heavy (non-hydrogen) atoms. The predicted molar refractivity (Wildman–Crippen MR) is 168 cm³/mol. The summed E-state index contributed by atoms with van der Waals surface area (Å²) < 4.78 is 0. The van der Waals surface area contributed by atoms with Crippen molar-refractivity contribution in [1.29, 1.82) is 10.5 Å². The van der Waals surface area contributed by atoms with Gasteiger partial charge in [0, 0.05) is 46.7 Å². The molecule has 0 aromatic rings. The van der Waals surface area contributed by atoms with Gasteiger partial charge in [-0.2, -0.15) is 10.5 Å². The second-order valence-electron chi connectivity index (χ2n) is 12.4. The maximum Gasteiger partial charge on any atom is 0.0947 e. The highest BCUT2D eigenvalue weighted by Gasteiger charge is 2.52. The van der Waals surface area contributed by atoms with Gasteiger partial charge in [-0.1, -0.05) is 108 Å². The van der Waals surface area contributed by atoms with Gasteiger partial charge in [-0.15, -0.1) is 0 Å². The SMILES string of the molecule is N#CC1=CC=C(C2=CC=C(C3=CC=C(C#N)CC3)C3C4=CC=C(C5=CC=CC6C=CC=CC56)C5C=CC=C(C23)[C@@H]45)CC1. The Bertz CT molecular complexity index is 1810. The average Bonchev–Trinajstić information content (AvgIpc) is 3.40. The molecule has 6 atom stereocenters. The summed E-state index contributed by atoms with van der Waals surface area (Å²) in [5.41, 5.74) is 13.3. The van der Waals surface area contributed by atoms with E-state index in [2.05, 4.69) is 109 Å². The van der Waals surface area contributed by atoms with Crippen LogP contribution in [-0.4, -0.2) is 0 Å². The summed E-state index contributed by atoms with van der Waals surface area (Å²) in [6.07, 6.45) is 44.7. The van der Waals surface area contributed by atoms with E-state index in [1.807, 2.05) is 12.2 Å². The molecule has 5 unspecified atom stereocenters. The van der Waals surface area contributed by atoms with E-state index >= 15 is 0 Å². The summed E-state index contributed by atoms with van der Waals surface area (Å²) in [5.74, 6) is 2.07. The first-order valence-corrected chi connectivity index (χ1v) is 15.3. The van der Waals surface area contributed by atoms with E-state index in [-0.39, 0.29) is 11.8 Å². The number of nitriles is 2. The van der Waals surface area contributed by atoms with Gasteiger partial charge >= 0.3 is 0 Å². The molecule has 1 fully saturated rings. The highest BCUT2D eigenvalue weighted by Crippen LogP contribution is 2.62. The summed E-state index contributed by atoms with van der Waals surface area (Å²) in [7, 11) is 0. The molecule has 8 aliphatic rings. The van der Waals surface area contributed by atoms with Gasteiger partial charge in [0.1, 0.15) is 0 Å². The number of rotatable bonds is 3. The van der Waals surface area contributed by atoms with Gasteiger partial charge in [0.25, 0.3) is 0 Å². The molecule has 0 spiro atoms. The first-order valence-electron chi connectivity index (χ1n) is 15.3. The Kier molecular flexibility index (Phi) is 5.98. The lowest BCUT2D eigenvalue weighted by Crippen LogP contribution is -2.26. The molecule has 0 aromatic carbocycles. The smallest absolute Gasteiger partial charge is 0.0947 e.